The van der Waals surface area contributed by atoms with Crippen molar-refractivity contribution in [1.29, 1.82) is 0 Å². The predicted octanol–water partition coefficient (Wildman–Crippen LogP) is 2.06. The molecule has 0 unspecified atom stereocenters. The number of nitrogens with one attached hydrogen (secondary N) is 1. The summed E-state index contributed by atoms with van der Waals surface area (Å²) in [6, 6.07) is 5.73. The van der Waals surface area contributed by atoms with Gasteiger partial charge in [-0.2, -0.15) is 0 Å². The summed E-state index contributed by atoms with van der Waals surface area (Å²) >= 11 is 0. The maximum atomic E-state index is 11.8. The van der Waals surface area contributed by atoms with Crippen LogP contribution in [0, 0.1) is 0 Å². The van der Waals surface area contributed by atoms with Gasteiger partial charge in [0.15, 0.2) is 0 Å². The third-order valence-electron chi connectivity index (χ3n) is 2.65. The fraction of sp³-hybridized carbons (Fsp3) is 0.417. The average Bonchev–Trinajstić information content (AvgIpc) is 2.39. The van der Waals surface area contributed by atoms with E-state index < -0.39 is 0 Å². The Morgan fingerprint density at radius 1 is 1.40 bits per heavy atom. The molecule has 1 N–H and O–H groups in total. The zero-order valence-electron chi connectivity index (χ0n) is 9.26. The third-order valence-corrected chi connectivity index (χ3v) is 2.65. The van der Waals surface area contributed by atoms with Gasteiger partial charge in [0, 0.05) is 0 Å². The molecule has 0 fully saturated rings. The topological polar surface area (TPSA) is 38.3 Å². The molecule has 1 heterocycles. The number of hydrogen-bond donors (Lipinski definition) is 1. The first-order valence-corrected chi connectivity index (χ1v) is 5.15. The molecule has 3 heteroatoms. The SMILES string of the molecule is CCOc1cccc2c1C(=O)NC2(C)C. The van der Waals surface area contributed by atoms with Crippen LogP contribution < -0.4 is 10.1 Å². The zero-order valence-corrected chi connectivity index (χ0v) is 9.26. The molecule has 1 aromatic rings. The first kappa shape index (κ1) is 10.0. The lowest BCUT2D eigenvalue weighted by atomic mass is 9.94. The molecule has 1 aliphatic rings. The highest BCUT2D eigenvalue weighted by molar-refractivity contribution is 6.02. The van der Waals surface area contributed by atoms with Crippen LogP contribution in [-0.4, -0.2) is 12.5 Å². The zero-order chi connectivity index (χ0) is 11.1. The number of benzene rings is 1. The fourth-order valence-electron chi connectivity index (χ4n) is 1.98. The van der Waals surface area contributed by atoms with E-state index in [-0.39, 0.29) is 11.4 Å². The molecule has 2 rings (SSSR count). The normalized spacial score (nSPS) is 17.1. The predicted molar refractivity (Wildman–Crippen MR) is 58.1 cm³/mol. The molecule has 0 spiro atoms. The number of hydrogen-bond acceptors (Lipinski definition) is 2. The van der Waals surface area contributed by atoms with Gasteiger partial charge in [0.05, 0.1) is 17.7 Å². The average molecular weight is 205 g/mol. The van der Waals surface area contributed by atoms with Crippen LogP contribution in [0.25, 0.3) is 0 Å². The summed E-state index contributed by atoms with van der Waals surface area (Å²) in [6.45, 7) is 6.47. The lowest BCUT2D eigenvalue weighted by Gasteiger charge is -2.18. The molecular formula is C12H15NO2. The molecule has 80 valence electrons. The van der Waals surface area contributed by atoms with E-state index in [9.17, 15) is 4.79 Å². The fourth-order valence-corrected chi connectivity index (χ4v) is 1.98. The van der Waals surface area contributed by atoms with E-state index in [1.54, 1.807) is 0 Å². The molecule has 0 saturated carbocycles. The smallest absolute Gasteiger partial charge is 0.256 e. The largest absolute Gasteiger partial charge is 0.493 e. The van der Waals surface area contributed by atoms with Gasteiger partial charge in [0.25, 0.3) is 5.91 Å². The summed E-state index contributed by atoms with van der Waals surface area (Å²) in [5.74, 6) is 0.636. The first-order valence-electron chi connectivity index (χ1n) is 5.15. The van der Waals surface area contributed by atoms with Crippen molar-refractivity contribution in [3.8, 4) is 5.75 Å². The van der Waals surface area contributed by atoms with Crippen LogP contribution in [0.1, 0.15) is 36.7 Å². The second-order valence-electron chi connectivity index (χ2n) is 4.19. The van der Waals surface area contributed by atoms with Gasteiger partial charge in [0.2, 0.25) is 0 Å². The third kappa shape index (κ3) is 1.48. The molecule has 1 aliphatic heterocycles. The van der Waals surface area contributed by atoms with E-state index in [0.29, 0.717) is 17.9 Å². The van der Waals surface area contributed by atoms with Crippen molar-refractivity contribution >= 4 is 5.91 Å². The summed E-state index contributed by atoms with van der Waals surface area (Å²) in [7, 11) is 0. The molecule has 1 aromatic carbocycles. The molecule has 0 atom stereocenters. The number of carbonyl (C=O) groups is 1. The molecule has 0 radical (unpaired) electrons. The summed E-state index contributed by atoms with van der Waals surface area (Å²) in [4.78, 5) is 11.8. The van der Waals surface area contributed by atoms with Gasteiger partial charge in [-0.15, -0.1) is 0 Å². The highest BCUT2D eigenvalue weighted by Gasteiger charge is 2.36. The first-order chi connectivity index (χ1) is 7.06. The highest BCUT2D eigenvalue weighted by atomic mass is 16.5. The van der Waals surface area contributed by atoms with Crippen molar-refractivity contribution in [2.45, 2.75) is 26.3 Å². The van der Waals surface area contributed by atoms with E-state index in [1.807, 2.05) is 39.0 Å². The van der Waals surface area contributed by atoms with Crippen molar-refractivity contribution in [2.24, 2.45) is 0 Å². The molecular weight excluding hydrogens is 190 g/mol. The molecule has 1 amide bonds. The van der Waals surface area contributed by atoms with Gasteiger partial charge in [-0.1, -0.05) is 12.1 Å². The monoisotopic (exact) mass is 205 g/mol. The van der Waals surface area contributed by atoms with Crippen LogP contribution in [0.3, 0.4) is 0 Å². The minimum atomic E-state index is -0.292. The lowest BCUT2D eigenvalue weighted by molar-refractivity contribution is 0.0937. The van der Waals surface area contributed by atoms with Crippen LogP contribution in [0.2, 0.25) is 0 Å². The Morgan fingerprint density at radius 2 is 2.13 bits per heavy atom. The van der Waals surface area contributed by atoms with Crippen LogP contribution >= 0.6 is 0 Å². The Hall–Kier alpha value is -1.51. The molecule has 3 nitrogen and oxygen atoms in total. The quantitative estimate of drug-likeness (QED) is 0.802. The maximum Gasteiger partial charge on any atom is 0.256 e. The number of carbonyl (C=O) groups excluding carboxylic acids is 1. The van der Waals surface area contributed by atoms with Crippen molar-refractivity contribution in [2.75, 3.05) is 6.61 Å². The van der Waals surface area contributed by atoms with E-state index in [1.165, 1.54) is 0 Å². The second kappa shape index (κ2) is 3.26. The molecule has 0 aromatic heterocycles. The Morgan fingerprint density at radius 3 is 2.80 bits per heavy atom. The summed E-state index contributed by atoms with van der Waals surface area (Å²) in [5, 5.41) is 2.94. The number of rotatable bonds is 2. The van der Waals surface area contributed by atoms with Gasteiger partial charge < -0.3 is 10.1 Å². The van der Waals surface area contributed by atoms with Crippen LogP contribution in [-0.2, 0) is 5.54 Å². The van der Waals surface area contributed by atoms with E-state index in [0.717, 1.165) is 5.56 Å². The highest BCUT2D eigenvalue weighted by Crippen LogP contribution is 2.35. The second-order valence-corrected chi connectivity index (χ2v) is 4.19. The van der Waals surface area contributed by atoms with Gasteiger partial charge in [-0.25, -0.2) is 0 Å². The van der Waals surface area contributed by atoms with Gasteiger partial charge in [0.1, 0.15) is 5.75 Å². The Labute approximate surface area is 89.4 Å². The van der Waals surface area contributed by atoms with Gasteiger partial charge >= 0.3 is 0 Å². The van der Waals surface area contributed by atoms with Crippen LogP contribution in [0.5, 0.6) is 5.75 Å². The summed E-state index contributed by atoms with van der Waals surface area (Å²) in [6.07, 6.45) is 0. The maximum absolute atomic E-state index is 11.8. The molecule has 15 heavy (non-hydrogen) atoms. The minimum absolute atomic E-state index is 0.0425. The summed E-state index contributed by atoms with van der Waals surface area (Å²) in [5.41, 5.74) is 1.40. The van der Waals surface area contributed by atoms with Crippen molar-refractivity contribution in [1.82, 2.24) is 5.32 Å². The van der Waals surface area contributed by atoms with Crippen molar-refractivity contribution in [3.63, 3.8) is 0 Å². The number of amides is 1. The van der Waals surface area contributed by atoms with E-state index in [4.69, 9.17) is 4.74 Å². The van der Waals surface area contributed by atoms with Crippen LogP contribution in [0.4, 0.5) is 0 Å². The van der Waals surface area contributed by atoms with Crippen molar-refractivity contribution in [3.05, 3.63) is 29.3 Å². The Bertz CT molecular complexity index is 410. The van der Waals surface area contributed by atoms with Gasteiger partial charge in [-0.05, 0) is 32.4 Å². The van der Waals surface area contributed by atoms with E-state index in [2.05, 4.69) is 5.32 Å². The van der Waals surface area contributed by atoms with Crippen molar-refractivity contribution < 1.29 is 9.53 Å². The lowest BCUT2D eigenvalue weighted by Crippen LogP contribution is -2.32. The Kier molecular flexibility index (Phi) is 2.18. The molecule has 0 bridgehead atoms. The number of fused-ring (bicyclic) bond motifs is 1. The summed E-state index contributed by atoms with van der Waals surface area (Å²) < 4.78 is 5.45. The van der Waals surface area contributed by atoms with E-state index >= 15 is 0 Å². The molecule has 0 aliphatic carbocycles. The number of ether oxygens (including phenoxy) is 1. The molecule has 0 saturated heterocycles. The standard InChI is InChI=1S/C12H15NO2/c1-4-15-9-7-5-6-8-10(9)11(14)13-12(8,2)3/h5-7H,4H2,1-3H3,(H,13,14). The van der Waals surface area contributed by atoms with Gasteiger partial charge in [-0.3, -0.25) is 4.79 Å². The minimum Gasteiger partial charge on any atom is -0.493 e. The Balaban J connectivity index is 2.57. The van der Waals surface area contributed by atoms with Crippen LogP contribution in [0.15, 0.2) is 18.2 Å².